The minimum absolute atomic E-state index is 0.00172. The molecular weight excluding hydrogens is 326 g/mol. The van der Waals surface area contributed by atoms with Crippen LogP contribution in [0.3, 0.4) is 0 Å². The molecule has 134 valence electrons. The number of aliphatic hydroxyl groups excluding tert-OH is 1. The van der Waals surface area contributed by atoms with Gasteiger partial charge in [0.05, 0.1) is 24.7 Å². The summed E-state index contributed by atoms with van der Waals surface area (Å²) in [5, 5.41) is 11.9. The van der Waals surface area contributed by atoms with E-state index in [-0.39, 0.29) is 35.1 Å². The maximum absolute atomic E-state index is 13.7. The summed E-state index contributed by atoms with van der Waals surface area (Å²) in [4.78, 5) is 0. The molecule has 0 aliphatic carbocycles. The van der Waals surface area contributed by atoms with E-state index in [1.165, 1.54) is 6.07 Å². The standard InChI is InChI=1S/C10H8F2N2O3.C5H12O2/c11-6-4(10-15-1-2-16-10)3-5-8(7(6)12)17-14-9(5)13;1-5(7-2)3-4-6/h3,10H,1-2H2,(H2,13,14);5-6H,3-4H2,1-2H3. The first-order chi connectivity index (χ1) is 11.5. The van der Waals surface area contributed by atoms with Crippen molar-refractivity contribution in [3.8, 4) is 0 Å². The van der Waals surface area contributed by atoms with Crippen LogP contribution in [0.15, 0.2) is 10.6 Å². The van der Waals surface area contributed by atoms with Gasteiger partial charge in [-0.1, -0.05) is 5.16 Å². The van der Waals surface area contributed by atoms with Crippen molar-refractivity contribution in [2.45, 2.75) is 25.7 Å². The first kappa shape index (κ1) is 18.5. The van der Waals surface area contributed by atoms with Gasteiger partial charge in [-0.05, 0) is 19.4 Å². The van der Waals surface area contributed by atoms with Crippen molar-refractivity contribution in [2.75, 3.05) is 32.7 Å². The van der Waals surface area contributed by atoms with E-state index >= 15 is 0 Å². The molecule has 24 heavy (non-hydrogen) atoms. The Morgan fingerprint density at radius 1 is 1.38 bits per heavy atom. The predicted molar refractivity (Wildman–Crippen MR) is 81.2 cm³/mol. The van der Waals surface area contributed by atoms with Gasteiger partial charge in [-0.15, -0.1) is 0 Å². The number of hydrogen-bond acceptors (Lipinski definition) is 7. The van der Waals surface area contributed by atoms with Crippen molar-refractivity contribution in [3.05, 3.63) is 23.3 Å². The van der Waals surface area contributed by atoms with Gasteiger partial charge in [0.1, 0.15) is 0 Å². The second-order valence-corrected chi connectivity index (χ2v) is 5.17. The SMILES string of the molecule is COC(C)CCO.Nc1noc2c(F)c(F)c(C3OCCO3)cc12. The molecule has 3 rings (SSSR count). The first-order valence-electron chi connectivity index (χ1n) is 7.39. The molecule has 0 amide bonds. The van der Waals surface area contributed by atoms with Gasteiger partial charge < -0.3 is 29.6 Å². The maximum Gasteiger partial charge on any atom is 0.207 e. The molecule has 1 fully saturated rings. The van der Waals surface area contributed by atoms with Gasteiger partial charge in [-0.25, -0.2) is 4.39 Å². The third-order valence-corrected chi connectivity index (χ3v) is 3.51. The fourth-order valence-electron chi connectivity index (χ4n) is 2.06. The van der Waals surface area contributed by atoms with E-state index in [1.807, 2.05) is 6.92 Å². The van der Waals surface area contributed by atoms with E-state index in [0.29, 0.717) is 13.2 Å². The molecule has 2 aromatic rings. The van der Waals surface area contributed by atoms with E-state index in [0.717, 1.165) is 6.42 Å². The lowest BCUT2D eigenvalue weighted by atomic mass is 10.1. The van der Waals surface area contributed by atoms with E-state index in [9.17, 15) is 8.78 Å². The van der Waals surface area contributed by atoms with Gasteiger partial charge in [-0.2, -0.15) is 4.39 Å². The van der Waals surface area contributed by atoms with Gasteiger partial charge in [0.15, 0.2) is 17.9 Å². The molecule has 1 aliphatic heterocycles. The zero-order valence-electron chi connectivity index (χ0n) is 13.4. The second kappa shape index (κ2) is 8.34. The average molecular weight is 346 g/mol. The number of benzene rings is 1. The van der Waals surface area contributed by atoms with Crippen molar-refractivity contribution < 1.29 is 32.6 Å². The molecule has 1 aliphatic rings. The molecule has 2 heterocycles. The predicted octanol–water partition coefficient (Wildman–Crippen LogP) is 2.14. The topological polar surface area (TPSA) is 100.0 Å². The molecule has 1 atom stereocenters. The van der Waals surface area contributed by atoms with Crippen LogP contribution in [0.1, 0.15) is 25.2 Å². The molecule has 0 bridgehead atoms. The summed E-state index contributed by atoms with van der Waals surface area (Å²) in [6.45, 7) is 2.82. The van der Waals surface area contributed by atoms with Gasteiger partial charge >= 0.3 is 0 Å². The molecule has 1 unspecified atom stereocenters. The smallest absolute Gasteiger partial charge is 0.207 e. The Bertz CT molecular complexity index is 673. The zero-order chi connectivity index (χ0) is 17.7. The number of fused-ring (bicyclic) bond motifs is 1. The molecule has 7 nitrogen and oxygen atoms in total. The highest BCUT2D eigenvalue weighted by Crippen LogP contribution is 2.33. The summed E-state index contributed by atoms with van der Waals surface area (Å²) in [6.07, 6.45) is 0.0180. The fourth-order valence-corrected chi connectivity index (χ4v) is 2.06. The van der Waals surface area contributed by atoms with Crippen molar-refractivity contribution in [3.63, 3.8) is 0 Å². The van der Waals surface area contributed by atoms with Gasteiger partial charge in [0.25, 0.3) is 0 Å². The van der Waals surface area contributed by atoms with Gasteiger partial charge in [0, 0.05) is 19.3 Å². The number of halogens is 2. The second-order valence-electron chi connectivity index (χ2n) is 5.17. The van der Waals surface area contributed by atoms with Crippen LogP contribution in [0.2, 0.25) is 0 Å². The van der Waals surface area contributed by atoms with E-state index in [2.05, 4.69) is 9.68 Å². The highest BCUT2D eigenvalue weighted by Gasteiger charge is 2.27. The highest BCUT2D eigenvalue weighted by molar-refractivity contribution is 5.88. The van der Waals surface area contributed by atoms with Crippen molar-refractivity contribution >= 4 is 16.8 Å². The number of nitrogens with two attached hydrogens (primary N) is 1. The fraction of sp³-hybridized carbons (Fsp3) is 0.533. The van der Waals surface area contributed by atoms with Gasteiger partial charge in [-0.3, -0.25) is 0 Å². The van der Waals surface area contributed by atoms with Crippen LogP contribution in [0.25, 0.3) is 11.0 Å². The summed E-state index contributed by atoms with van der Waals surface area (Å²) in [6, 6.07) is 1.33. The van der Waals surface area contributed by atoms with Crippen LogP contribution in [0, 0.1) is 11.6 Å². The number of aliphatic hydroxyl groups is 1. The summed E-state index contributed by atoms with van der Waals surface area (Å²) in [5.41, 5.74) is 5.14. The van der Waals surface area contributed by atoms with Crippen molar-refractivity contribution in [1.82, 2.24) is 5.16 Å². The molecular formula is C15H20F2N2O5. The van der Waals surface area contributed by atoms with Crippen LogP contribution in [-0.2, 0) is 14.2 Å². The van der Waals surface area contributed by atoms with E-state index < -0.39 is 17.9 Å². The number of rotatable bonds is 4. The summed E-state index contributed by atoms with van der Waals surface area (Å²) in [7, 11) is 1.64. The molecule has 1 aromatic heterocycles. The number of hydrogen-bond donors (Lipinski definition) is 2. The summed E-state index contributed by atoms with van der Waals surface area (Å²) < 4.78 is 47.1. The van der Waals surface area contributed by atoms with Crippen LogP contribution >= 0.6 is 0 Å². The largest absolute Gasteiger partial charge is 0.396 e. The quantitative estimate of drug-likeness (QED) is 0.875. The summed E-state index contributed by atoms with van der Waals surface area (Å²) in [5.74, 6) is -2.21. The number of anilines is 1. The first-order valence-corrected chi connectivity index (χ1v) is 7.39. The minimum atomic E-state index is -1.14. The lowest BCUT2D eigenvalue weighted by Gasteiger charge is -2.10. The molecule has 1 saturated heterocycles. The van der Waals surface area contributed by atoms with E-state index in [4.69, 9.17) is 25.1 Å². The average Bonchev–Trinajstić information content (AvgIpc) is 3.22. The Morgan fingerprint density at radius 3 is 2.58 bits per heavy atom. The molecule has 0 radical (unpaired) electrons. The van der Waals surface area contributed by atoms with Crippen molar-refractivity contribution in [1.29, 1.82) is 0 Å². The van der Waals surface area contributed by atoms with Crippen LogP contribution < -0.4 is 5.73 Å². The van der Waals surface area contributed by atoms with Crippen molar-refractivity contribution in [2.24, 2.45) is 0 Å². The Morgan fingerprint density at radius 2 is 2.04 bits per heavy atom. The minimum Gasteiger partial charge on any atom is -0.396 e. The third kappa shape index (κ3) is 3.99. The zero-order valence-corrected chi connectivity index (χ0v) is 13.4. The summed E-state index contributed by atoms with van der Waals surface area (Å²) >= 11 is 0. The maximum atomic E-state index is 13.7. The number of methoxy groups -OCH3 is 1. The molecule has 9 heteroatoms. The number of aromatic nitrogens is 1. The monoisotopic (exact) mass is 346 g/mol. The van der Waals surface area contributed by atoms with Gasteiger partial charge in [0.2, 0.25) is 11.4 Å². The number of nitrogens with zero attached hydrogens (tertiary/aromatic N) is 1. The highest BCUT2D eigenvalue weighted by atomic mass is 19.2. The number of nitrogen functional groups attached to an aromatic ring is 1. The molecule has 0 saturated carbocycles. The normalized spacial score (nSPS) is 16.2. The Hall–Kier alpha value is -1.81. The molecule has 0 spiro atoms. The molecule has 3 N–H and O–H groups in total. The third-order valence-electron chi connectivity index (χ3n) is 3.51. The molecule has 1 aromatic carbocycles. The van der Waals surface area contributed by atoms with Crippen LogP contribution in [-0.4, -0.2) is 43.3 Å². The Kier molecular flexibility index (Phi) is 6.44. The van der Waals surface area contributed by atoms with Crippen LogP contribution in [0.4, 0.5) is 14.6 Å². The lowest BCUT2D eigenvalue weighted by molar-refractivity contribution is -0.0467. The Balaban J connectivity index is 0.000000256. The lowest BCUT2D eigenvalue weighted by Crippen LogP contribution is -2.05. The van der Waals surface area contributed by atoms with E-state index in [1.54, 1.807) is 7.11 Å². The Labute approximate surface area is 137 Å². The van der Waals surface area contributed by atoms with Crippen LogP contribution in [0.5, 0.6) is 0 Å². The number of ether oxygens (including phenoxy) is 3.